The van der Waals surface area contributed by atoms with Gasteiger partial charge in [-0.25, -0.2) is 0 Å². The van der Waals surface area contributed by atoms with Crippen LogP contribution in [0.4, 0.5) is 0 Å². The predicted octanol–water partition coefficient (Wildman–Crippen LogP) is 11.8. The molecular weight excluding hydrogens is 695 g/mol. The third-order valence-electron chi connectivity index (χ3n) is 11.4. The average Bonchev–Trinajstić information content (AvgIpc) is 3.36. The first kappa shape index (κ1) is 46.1. The highest BCUT2D eigenvalue weighted by Gasteiger charge is 2.39. The maximum Gasteiger partial charge on any atom is 0.110 e. The highest BCUT2D eigenvalue weighted by molar-refractivity contribution is 5.16. The molecule has 1 aliphatic carbocycles. The number of unbranched alkanes of at least 4 members (excludes halogenated alkanes) is 11. The highest BCUT2D eigenvalue weighted by atomic mass is 16.6. The van der Waals surface area contributed by atoms with Crippen LogP contribution < -0.4 is 5.32 Å². The second-order valence-corrected chi connectivity index (χ2v) is 16.7. The molecule has 0 amide bonds. The lowest BCUT2D eigenvalue weighted by Crippen LogP contribution is -2.52. The van der Waals surface area contributed by atoms with E-state index < -0.39 is 12.2 Å². The van der Waals surface area contributed by atoms with E-state index in [1.54, 1.807) is 0 Å². The number of benzene rings is 3. The molecule has 6 nitrogen and oxygen atoms in total. The van der Waals surface area contributed by atoms with Crippen molar-refractivity contribution in [2.24, 2.45) is 5.92 Å². The van der Waals surface area contributed by atoms with Crippen LogP contribution in [0.2, 0.25) is 0 Å². The van der Waals surface area contributed by atoms with E-state index >= 15 is 0 Å². The third-order valence-corrected chi connectivity index (χ3v) is 11.4. The first-order chi connectivity index (χ1) is 27.4. The van der Waals surface area contributed by atoms with Crippen LogP contribution in [0.3, 0.4) is 0 Å². The topological polar surface area (TPSA) is 69.2 Å². The predicted molar refractivity (Wildman–Crippen MR) is 232 cm³/mol. The van der Waals surface area contributed by atoms with Gasteiger partial charge in [-0.05, 0) is 55.7 Å². The van der Waals surface area contributed by atoms with Gasteiger partial charge in [0.15, 0.2) is 0 Å². The van der Waals surface area contributed by atoms with Gasteiger partial charge < -0.3 is 29.4 Å². The van der Waals surface area contributed by atoms with Crippen LogP contribution in [-0.2, 0) is 38.7 Å². The van der Waals surface area contributed by atoms with Crippen LogP contribution >= 0.6 is 0 Å². The molecule has 1 saturated carbocycles. The van der Waals surface area contributed by atoms with E-state index in [4.69, 9.17) is 18.9 Å². The fourth-order valence-corrected chi connectivity index (χ4v) is 8.15. The molecule has 312 valence electrons. The molecule has 0 aliphatic heterocycles. The Hall–Kier alpha value is -2.58. The van der Waals surface area contributed by atoms with Crippen molar-refractivity contribution in [3.63, 3.8) is 0 Å². The quantitative estimate of drug-likeness (QED) is 0.0541. The molecule has 1 fully saturated rings. The summed E-state index contributed by atoms with van der Waals surface area (Å²) in [5, 5.41) is 15.6. The number of nitrogens with one attached hydrogen (secondary N) is 1. The van der Waals surface area contributed by atoms with E-state index in [0.717, 1.165) is 49.7 Å². The van der Waals surface area contributed by atoms with E-state index in [2.05, 4.69) is 106 Å². The maximum absolute atomic E-state index is 11.8. The summed E-state index contributed by atoms with van der Waals surface area (Å²) in [5.74, 6) is 0.314. The first-order valence-corrected chi connectivity index (χ1v) is 22.5. The molecular formula is C50H77NO5. The van der Waals surface area contributed by atoms with Crippen molar-refractivity contribution >= 4 is 0 Å². The van der Waals surface area contributed by atoms with E-state index in [9.17, 15) is 5.11 Å². The van der Waals surface area contributed by atoms with Gasteiger partial charge in [0.05, 0.1) is 50.3 Å². The molecule has 7 atom stereocenters. The number of rotatable bonds is 29. The molecule has 4 rings (SSSR count). The minimum absolute atomic E-state index is 0.0332. The van der Waals surface area contributed by atoms with Crippen LogP contribution in [0.15, 0.2) is 91.0 Å². The normalized spacial score (nSPS) is 20.5. The van der Waals surface area contributed by atoms with Crippen molar-refractivity contribution in [2.45, 2.75) is 193 Å². The van der Waals surface area contributed by atoms with Crippen molar-refractivity contribution in [1.29, 1.82) is 0 Å². The van der Waals surface area contributed by atoms with Crippen LogP contribution in [0.1, 0.15) is 147 Å². The Labute approximate surface area is 341 Å². The monoisotopic (exact) mass is 772 g/mol. The van der Waals surface area contributed by atoms with E-state index in [1.807, 2.05) is 18.2 Å². The smallest absolute Gasteiger partial charge is 0.110 e. The summed E-state index contributed by atoms with van der Waals surface area (Å²) in [4.78, 5) is 0. The Balaban J connectivity index is 1.42. The maximum atomic E-state index is 11.8. The molecule has 1 unspecified atom stereocenters. The Bertz CT molecular complexity index is 1360. The number of hydrogen-bond acceptors (Lipinski definition) is 6. The summed E-state index contributed by atoms with van der Waals surface area (Å²) >= 11 is 0. The minimum atomic E-state index is -0.598. The van der Waals surface area contributed by atoms with Gasteiger partial charge in [0.1, 0.15) is 12.2 Å². The lowest BCUT2D eigenvalue weighted by molar-refractivity contribution is -0.165. The highest BCUT2D eigenvalue weighted by Crippen LogP contribution is 2.32. The van der Waals surface area contributed by atoms with Crippen molar-refractivity contribution in [2.75, 3.05) is 6.61 Å². The number of aliphatic hydroxyl groups is 1. The summed E-state index contributed by atoms with van der Waals surface area (Å²) in [6, 6.07) is 31.1. The molecule has 2 N–H and O–H groups in total. The van der Waals surface area contributed by atoms with Gasteiger partial charge in [-0.3, -0.25) is 0 Å². The second kappa shape index (κ2) is 27.9. The summed E-state index contributed by atoms with van der Waals surface area (Å²) in [6.45, 7) is 10.8. The summed E-state index contributed by atoms with van der Waals surface area (Å²) in [5.41, 5.74) is 3.49. The number of ether oxygens (including phenoxy) is 4. The van der Waals surface area contributed by atoms with Gasteiger partial charge >= 0.3 is 0 Å². The van der Waals surface area contributed by atoms with Gasteiger partial charge in [-0.2, -0.15) is 0 Å². The minimum Gasteiger partial charge on any atom is -0.390 e. The Kier molecular flexibility index (Phi) is 23.0. The first-order valence-electron chi connectivity index (χ1n) is 22.5. The van der Waals surface area contributed by atoms with Crippen molar-refractivity contribution < 1.29 is 24.1 Å². The number of aliphatic hydroxyl groups excluding tert-OH is 1. The van der Waals surface area contributed by atoms with E-state index in [0.29, 0.717) is 32.3 Å². The van der Waals surface area contributed by atoms with Crippen LogP contribution in [0, 0.1) is 5.92 Å². The van der Waals surface area contributed by atoms with Gasteiger partial charge in [-0.1, -0.05) is 188 Å². The molecule has 3 aromatic carbocycles. The van der Waals surface area contributed by atoms with Crippen LogP contribution in [-0.4, -0.2) is 54.4 Å². The molecule has 0 saturated heterocycles. The largest absolute Gasteiger partial charge is 0.390 e. The van der Waals surface area contributed by atoms with Crippen LogP contribution in [0.25, 0.3) is 0 Å². The van der Waals surface area contributed by atoms with Crippen molar-refractivity contribution in [3.8, 4) is 0 Å². The van der Waals surface area contributed by atoms with Gasteiger partial charge in [0, 0.05) is 6.54 Å². The lowest BCUT2D eigenvalue weighted by Gasteiger charge is -2.37. The molecule has 3 aromatic rings. The van der Waals surface area contributed by atoms with Gasteiger partial charge in [0.2, 0.25) is 0 Å². The summed E-state index contributed by atoms with van der Waals surface area (Å²) < 4.78 is 27.2. The molecule has 0 aromatic heterocycles. The van der Waals surface area contributed by atoms with E-state index in [1.165, 1.54) is 69.8 Å². The average molecular weight is 772 g/mol. The summed E-state index contributed by atoms with van der Waals surface area (Å²) in [7, 11) is 0. The second-order valence-electron chi connectivity index (χ2n) is 16.7. The molecule has 0 heterocycles. The lowest BCUT2D eigenvalue weighted by atomic mass is 9.96. The zero-order valence-corrected chi connectivity index (χ0v) is 35.5. The van der Waals surface area contributed by atoms with E-state index in [-0.39, 0.29) is 30.5 Å². The fourth-order valence-electron chi connectivity index (χ4n) is 8.15. The summed E-state index contributed by atoms with van der Waals surface area (Å²) in [6.07, 6.45) is 17.7. The number of hydrogen-bond donors (Lipinski definition) is 2. The molecule has 0 spiro atoms. The standard InChI is InChI=1S/C50H77NO5/c1-5-6-7-8-9-10-11-12-13-14-15-25-34-46(52)49(56-40(2)3)45(51-36-42-28-19-16-20-29-42)39-53-47-35-26-27-41(4)48(54-37-43-30-21-17-22-31-43)50(47)55-38-44-32-23-18-24-33-44/h16-24,28-33,40-41,45-52H,5-15,25-27,34-39H2,1-4H3/t41-,45+,46-,47?,48-,49+,50-/m0/s1. The van der Waals surface area contributed by atoms with Crippen molar-refractivity contribution in [3.05, 3.63) is 108 Å². The Morgan fingerprint density at radius 1 is 0.625 bits per heavy atom. The molecule has 0 radical (unpaired) electrons. The van der Waals surface area contributed by atoms with Crippen molar-refractivity contribution in [1.82, 2.24) is 5.32 Å². The van der Waals surface area contributed by atoms with Crippen LogP contribution in [0.5, 0.6) is 0 Å². The Morgan fingerprint density at radius 3 is 1.66 bits per heavy atom. The molecule has 6 heteroatoms. The molecule has 56 heavy (non-hydrogen) atoms. The Morgan fingerprint density at radius 2 is 1.12 bits per heavy atom. The van der Waals surface area contributed by atoms with Gasteiger partial charge in [0.25, 0.3) is 0 Å². The fraction of sp³-hybridized carbons (Fsp3) is 0.640. The third kappa shape index (κ3) is 17.9. The zero-order chi connectivity index (χ0) is 39.6. The molecule has 1 aliphatic rings. The van der Waals surface area contributed by atoms with Gasteiger partial charge in [-0.15, -0.1) is 0 Å². The zero-order valence-electron chi connectivity index (χ0n) is 35.5. The SMILES string of the molecule is CCCCCCCCCCCCCC[C@H](O)[C@H](OC(C)C)[C@@H](COC1CCC[C@H](C)[C@H](OCc2ccccc2)[C@H]1OCc1ccccc1)NCc1ccccc1. The molecule has 0 bridgehead atoms.